The van der Waals surface area contributed by atoms with E-state index in [-0.39, 0.29) is 12.3 Å². The van der Waals surface area contributed by atoms with E-state index in [0.717, 1.165) is 12.2 Å². The maximum Gasteiger partial charge on any atom is 0.269 e. The molecule has 0 fully saturated rings. The molecular weight excluding hydrogens is 256 g/mol. The summed E-state index contributed by atoms with van der Waals surface area (Å²) in [5.74, 6) is 0.732. The normalized spacial score (nSPS) is 10.2. The average Bonchev–Trinajstić information content (AvgIpc) is 2.46. The Morgan fingerprint density at radius 2 is 2.05 bits per heavy atom. The van der Waals surface area contributed by atoms with Gasteiger partial charge in [-0.3, -0.25) is 10.1 Å². The second-order valence-electron chi connectivity index (χ2n) is 4.43. The summed E-state index contributed by atoms with van der Waals surface area (Å²) in [5.41, 5.74) is 8.10. The van der Waals surface area contributed by atoms with Crippen LogP contribution in [0.2, 0.25) is 0 Å². The number of hydrogen-bond donors (Lipinski definition) is 1. The molecule has 0 aliphatic heterocycles. The summed E-state index contributed by atoms with van der Waals surface area (Å²) >= 11 is 0. The van der Waals surface area contributed by atoms with E-state index in [0.29, 0.717) is 11.3 Å². The number of nitrogen functional groups attached to an aromatic ring is 1. The Morgan fingerprint density at radius 1 is 1.25 bits per heavy atom. The van der Waals surface area contributed by atoms with Gasteiger partial charge >= 0.3 is 0 Å². The van der Waals surface area contributed by atoms with Crippen molar-refractivity contribution >= 4 is 11.4 Å². The highest BCUT2D eigenvalue weighted by molar-refractivity contribution is 5.52. The molecule has 2 rings (SSSR count). The summed E-state index contributed by atoms with van der Waals surface area (Å²) in [6.45, 7) is 2.28. The van der Waals surface area contributed by atoms with Gasteiger partial charge in [-0.1, -0.05) is 19.1 Å². The Kier molecular flexibility index (Phi) is 4.20. The van der Waals surface area contributed by atoms with E-state index in [4.69, 9.17) is 10.5 Å². The molecule has 0 amide bonds. The highest BCUT2D eigenvalue weighted by atomic mass is 16.6. The van der Waals surface area contributed by atoms with Crippen LogP contribution in [0.4, 0.5) is 11.4 Å². The van der Waals surface area contributed by atoms with Crippen molar-refractivity contribution in [2.24, 2.45) is 0 Å². The van der Waals surface area contributed by atoms with Gasteiger partial charge in [-0.05, 0) is 30.2 Å². The van der Waals surface area contributed by atoms with Crippen molar-refractivity contribution < 1.29 is 9.66 Å². The van der Waals surface area contributed by atoms with Crippen LogP contribution in [0.3, 0.4) is 0 Å². The molecule has 104 valence electrons. The van der Waals surface area contributed by atoms with Crippen molar-refractivity contribution in [1.82, 2.24) is 0 Å². The van der Waals surface area contributed by atoms with Crippen molar-refractivity contribution in [3.05, 3.63) is 63.7 Å². The Bertz CT molecular complexity index is 626. The fourth-order valence-electron chi connectivity index (χ4n) is 1.85. The summed E-state index contributed by atoms with van der Waals surface area (Å²) in [6, 6.07) is 12.1. The first kappa shape index (κ1) is 13.9. The van der Waals surface area contributed by atoms with Gasteiger partial charge in [0.25, 0.3) is 5.69 Å². The van der Waals surface area contributed by atoms with Gasteiger partial charge in [0.1, 0.15) is 12.4 Å². The average molecular weight is 272 g/mol. The molecule has 0 bridgehead atoms. The molecule has 2 aromatic carbocycles. The predicted octanol–water partition coefficient (Wildman–Crippen LogP) is 3.32. The van der Waals surface area contributed by atoms with E-state index in [1.807, 2.05) is 24.3 Å². The van der Waals surface area contributed by atoms with Crippen LogP contribution in [0, 0.1) is 10.1 Å². The second-order valence-corrected chi connectivity index (χ2v) is 4.43. The van der Waals surface area contributed by atoms with Crippen LogP contribution in [0.25, 0.3) is 0 Å². The lowest BCUT2D eigenvalue weighted by atomic mass is 10.1. The molecule has 20 heavy (non-hydrogen) atoms. The molecule has 0 radical (unpaired) electrons. The first-order valence-corrected chi connectivity index (χ1v) is 6.34. The summed E-state index contributed by atoms with van der Waals surface area (Å²) in [7, 11) is 0. The molecule has 5 nitrogen and oxygen atoms in total. The Hall–Kier alpha value is -2.56. The van der Waals surface area contributed by atoms with E-state index in [9.17, 15) is 10.1 Å². The highest BCUT2D eigenvalue weighted by Gasteiger charge is 2.09. The minimum Gasteiger partial charge on any atom is -0.489 e. The van der Waals surface area contributed by atoms with Crippen LogP contribution in [-0.2, 0) is 13.0 Å². The lowest BCUT2D eigenvalue weighted by Crippen LogP contribution is -2.01. The number of benzene rings is 2. The molecule has 0 unspecified atom stereocenters. The van der Waals surface area contributed by atoms with Gasteiger partial charge in [-0.2, -0.15) is 0 Å². The van der Waals surface area contributed by atoms with E-state index in [1.54, 1.807) is 0 Å². The van der Waals surface area contributed by atoms with E-state index in [1.165, 1.54) is 23.8 Å². The zero-order valence-electron chi connectivity index (χ0n) is 11.2. The van der Waals surface area contributed by atoms with Gasteiger partial charge in [-0.15, -0.1) is 0 Å². The van der Waals surface area contributed by atoms with E-state index in [2.05, 4.69) is 6.92 Å². The molecule has 0 aliphatic carbocycles. The van der Waals surface area contributed by atoms with Gasteiger partial charge in [0.2, 0.25) is 0 Å². The summed E-state index contributed by atoms with van der Waals surface area (Å²) in [5, 5.41) is 10.7. The van der Waals surface area contributed by atoms with Crippen molar-refractivity contribution in [1.29, 1.82) is 0 Å². The number of hydrogen-bond acceptors (Lipinski definition) is 4. The number of aryl methyl sites for hydroxylation is 1. The first-order chi connectivity index (χ1) is 9.60. The van der Waals surface area contributed by atoms with Crippen LogP contribution in [0.1, 0.15) is 18.1 Å². The third kappa shape index (κ3) is 3.26. The van der Waals surface area contributed by atoms with Gasteiger partial charge in [-0.25, -0.2) is 0 Å². The molecule has 5 heteroatoms. The van der Waals surface area contributed by atoms with Crippen LogP contribution in [-0.4, -0.2) is 4.92 Å². The number of ether oxygens (including phenoxy) is 1. The Morgan fingerprint density at radius 3 is 2.75 bits per heavy atom. The molecule has 0 spiro atoms. The van der Waals surface area contributed by atoms with Gasteiger partial charge in [0.05, 0.1) is 4.92 Å². The zero-order valence-corrected chi connectivity index (χ0v) is 11.2. The first-order valence-electron chi connectivity index (χ1n) is 6.34. The lowest BCUT2D eigenvalue weighted by Gasteiger charge is -2.09. The van der Waals surface area contributed by atoms with Crippen molar-refractivity contribution in [3.63, 3.8) is 0 Å². The number of anilines is 1. The molecule has 0 aliphatic rings. The summed E-state index contributed by atoms with van der Waals surface area (Å²) < 4.78 is 5.65. The predicted molar refractivity (Wildman–Crippen MR) is 77.7 cm³/mol. The van der Waals surface area contributed by atoms with Crippen LogP contribution >= 0.6 is 0 Å². The maximum atomic E-state index is 10.7. The largest absolute Gasteiger partial charge is 0.489 e. The van der Waals surface area contributed by atoms with Crippen molar-refractivity contribution in [2.45, 2.75) is 20.0 Å². The van der Waals surface area contributed by atoms with Gasteiger partial charge in [0, 0.05) is 23.4 Å². The monoisotopic (exact) mass is 272 g/mol. The number of nitro benzene ring substituents is 1. The molecule has 0 saturated heterocycles. The molecule has 0 aromatic heterocycles. The lowest BCUT2D eigenvalue weighted by molar-refractivity contribution is -0.384. The third-order valence-corrected chi connectivity index (χ3v) is 3.04. The van der Waals surface area contributed by atoms with Gasteiger partial charge in [0.15, 0.2) is 0 Å². The van der Waals surface area contributed by atoms with Gasteiger partial charge < -0.3 is 10.5 Å². The van der Waals surface area contributed by atoms with Crippen molar-refractivity contribution in [2.75, 3.05) is 5.73 Å². The number of nitrogens with two attached hydrogens (primary N) is 1. The van der Waals surface area contributed by atoms with Crippen LogP contribution in [0.15, 0.2) is 42.5 Å². The fourth-order valence-corrected chi connectivity index (χ4v) is 1.85. The quantitative estimate of drug-likeness (QED) is 0.514. The fraction of sp³-hybridized carbons (Fsp3) is 0.200. The molecular formula is C15H16N2O3. The molecule has 2 N–H and O–H groups in total. The van der Waals surface area contributed by atoms with Crippen molar-refractivity contribution in [3.8, 4) is 5.75 Å². The smallest absolute Gasteiger partial charge is 0.269 e. The Labute approximate surface area is 117 Å². The topological polar surface area (TPSA) is 78.4 Å². The SMILES string of the molecule is CCc1cccc(OCc2cc([N+](=O)[O-])ccc2N)c1. The zero-order chi connectivity index (χ0) is 14.5. The molecule has 2 aromatic rings. The molecule has 0 heterocycles. The second kappa shape index (κ2) is 6.06. The number of non-ortho nitro benzene ring substituents is 1. The standard InChI is InChI=1S/C15H16N2O3/c1-2-11-4-3-5-14(8-11)20-10-12-9-13(17(18)19)6-7-15(12)16/h3-9H,2,10,16H2,1H3. The Balaban J connectivity index is 2.13. The van der Waals surface area contributed by atoms with Crippen LogP contribution < -0.4 is 10.5 Å². The van der Waals surface area contributed by atoms with E-state index >= 15 is 0 Å². The highest BCUT2D eigenvalue weighted by Crippen LogP contribution is 2.22. The maximum absolute atomic E-state index is 10.7. The van der Waals surface area contributed by atoms with Crippen LogP contribution in [0.5, 0.6) is 5.75 Å². The number of rotatable bonds is 5. The number of nitrogens with zero attached hydrogens (tertiary/aromatic N) is 1. The summed E-state index contributed by atoms with van der Waals surface area (Å²) in [6.07, 6.45) is 0.927. The number of nitro groups is 1. The minimum absolute atomic E-state index is 0.0140. The van der Waals surface area contributed by atoms with E-state index < -0.39 is 4.92 Å². The molecule has 0 atom stereocenters. The minimum atomic E-state index is -0.444. The molecule has 0 saturated carbocycles. The summed E-state index contributed by atoms with van der Waals surface area (Å²) in [4.78, 5) is 10.3. The third-order valence-electron chi connectivity index (χ3n) is 3.04.